The van der Waals surface area contributed by atoms with Crippen molar-refractivity contribution in [3.05, 3.63) is 0 Å². The van der Waals surface area contributed by atoms with Gasteiger partial charge in [-0.2, -0.15) is 12.6 Å². The number of phosphoric acid groups is 1. The Morgan fingerprint density at radius 2 is 1.60 bits per heavy atom. The second-order valence-electron chi connectivity index (χ2n) is 8.54. The first kappa shape index (κ1) is 29.8. The molecule has 180 valence electrons. The number of unbranched alkanes of at least 4 members (excludes halogenated alkanes) is 7. The summed E-state index contributed by atoms with van der Waals surface area (Å²) in [7, 11) is 1.06. The summed E-state index contributed by atoms with van der Waals surface area (Å²) in [5.74, 6) is 0.689. The Bertz CT molecular complexity index is 506. The lowest BCUT2D eigenvalue weighted by molar-refractivity contribution is -0.873. The van der Waals surface area contributed by atoms with E-state index >= 15 is 0 Å². The molecule has 0 bridgehead atoms. The normalized spacial score (nSPS) is 16.1. The molecule has 0 saturated carbocycles. The number of aliphatic hydroxyl groups is 2. The van der Waals surface area contributed by atoms with Crippen molar-refractivity contribution >= 4 is 26.4 Å². The standard InChI is InChI=1S/C19H41N2O7PS/c1-21(2,3)14-19(28-29(25,26)27-16-17(23)15-22)20-18(24)12-10-8-6-4-5-7-9-11-13-30/h17,19,22-23H,4-16H2,1-3H3,(H2-,20,24,25,26,30)/p+1/t17-,19?/m1/s1. The fourth-order valence-corrected chi connectivity index (χ4v) is 3.82. The number of thiol groups is 1. The maximum absolute atomic E-state index is 12.3. The van der Waals surface area contributed by atoms with E-state index in [1.807, 2.05) is 21.1 Å². The van der Waals surface area contributed by atoms with Gasteiger partial charge < -0.3 is 24.9 Å². The van der Waals surface area contributed by atoms with Crippen LogP contribution in [-0.2, 0) is 18.4 Å². The van der Waals surface area contributed by atoms with Crippen molar-refractivity contribution < 1.29 is 38.0 Å². The number of rotatable bonds is 19. The van der Waals surface area contributed by atoms with Crippen molar-refractivity contribution in [1.82, 2.24) is 5.32 Å². The Morgan fingerprint density at radius 3 is 2.10 bits per heavy atom. The summed E-state index contributed by atoms with van der Waals surface area (Å²) in [6, 6.07) is 0. The SMILES string of the molecule is C[N+](C)(C)CC(NC(=O)CCCCCCCCCCS)OP(=O)(O)OC[C@H](O)CO. The van der Waals surface area contributed by atoms with Crippen LogP contribution in [0.2, 0.25) is 0 Å². The van der Waals surface area contributed by atoms with Crippen molar-refractivity contribution in [1.29, 1.82) is 0 Å². The van der Waals surface area contributed by atoms with Crippen molar-refractivity contribution in [2.75, 3.05) is 46.7 Å². The lowest BCUT2D eigenvalue weighted by Crippen LogP contribution is -2.49. The number of nitrogens with one attached hydrogen (secondary N) is 1. The number of carbonyl (C=O) groups excluding carboxylic acids is 1. The highest BCUT2D eigenvalue weighted by Gasteiger charge is 2.31. The smallest absolute Gasteiger partial charge is 0.394 e. The minimum absolute atomic E-state index is 0.245. The Kier molecular flexibility index (Phi) is 16.3. The van der Waals surface area contributed by atoms with Gasteiger partial charge in [-0.05, 0) is 18.6 Å². The van der Waals surface area contributed by atoms with E-state index in [9.17, 15) is 19.4 Å². The third kappa shape index (κ3) is 18.6. The van der Waals surface area contributed by atoms with Crippen LogP contribution in [0.5, 0.6) is 0 Å². The van der Waals surface area contributed by atoms with E-state index in [0.29, 0.717) is 10.9 Å². The fraction of sp³-hybridized carbons (Fsp3) is 0.947. The van der Waals surface area contributed by atoms with Gasteiger partial charge in [-0.1, -0.05) is 38.5 Å². The number of phosphoric ester groups is 1. The minimum atomic E-state index is -4.51. The summed E-state index contributed by atoms with van der Waals surface area (Å²) in [5.41, 5.74) is 0. The first-order chi connectivity index (χ1) is 14.0. The molecule has 11 heteroatoms. The molecule has 0 aliphatic carbocycles. The van der Waals surface area contributed by atoms with E-state index in [2.05, 4.69) is 22.5 Å². The number of hydrogen-bond donors (Lipinski definition) is 5. The minimum Gasteiger partial charge on any atom is -0.394 e. The van der Waals surface area contributed by atoms with E-state index in [4.69, 9.17) is 9.63 Å². The Morgan fingerprint density at radius 1 is 1.07 bits per heavy atom. The van der Waals surface area contributed by atoms with Gasteiger partial charge in [-0.25, -0.2) is 4.57 Å². The average molecular weight is 474 g/mol. The van der Waals surface area contributed by atoms with Crippen LogP contribution in [0.4, 0.5) is 0 Å². The highest BCUT2D eigenvalue weighted by Crippen LogP contribution is 2.44. The number of amides is 1. The number of carbonyl (C=O) groups is 1. The summed E-state index contributed by atoms with van der Waals surface area (Å²) in [6.45, 7) is -0.910. The topological polar surface area (TPSA) is 125 Å². The largest absolute Gasteiger partial charge is 0.474 e. The number of quaternary nitrogens is 1. The summed E-state index contributed by atoms with van der Waals surface area (Å²) in [4.78, 5) is 22.1. The predicted molar refractivity (Wildman–Crippen MR) is 120 cm³/mol. The van der Waals surface area contributed by atoms with Gasteiger partial charge in [0.15, 0.2) is 6.23 Å². The molecular weight excluding hydrogens is 431 g/mol. The van der Waals surface area contributed by atoms with Crippen LogP contribution in [0, 0.1) is 0 Å². The predicted octanol–water partition coefficient (Wildman–Crippen LogP) is 2.06. The molecule has 2 unspecified atom stereocenters. The van der Waals surface area contributed by atoms with Crippen LogP contribution in [0.3, 0.4) is 0 Å². The van der Waals surface area contributed by atoms with Gasteiger partial charge in [-0.15, -0.1) is 0 Å². The van der Waals surface area contributed by atoms with Crippen LogP contribution in [-0.4, -0.2) is 84.5 Å². The molecule has 1 amide bonds. The number of nitrogens with zero attached hydrogens (tertiary/aromatic N) is 1. The molecule has 0 heterocycles. The van der Waals surface area contributed by atoms with E-state index in [0.717, 1.165) is 37.9 Å². The molecule has 9 nitrogen and oxygen atoms in total. The van der Waals surface area contributed by atoms with Crippen molar-refractivity contribution in [2.45, 2.75) is 70.1 Å². The number of hydrogen-bond acceptors (Lipinski definition) is 7. The van der Waals surface area contributed by atoms with Gasteiger partial charge >= 0.3 is 7.82 Å². The van der Waals surface area contributed by atoms with Gasteiger partial charge in [0, 0.05) is 6.42 Å². The van der Waals surface area contributed by atoms with Gasteiger partial charge in [0.2, 0.25) is 5.91 Å². The molecule has 0 aliphatic rings. The van der Waals surface area contributed by atoms with Gasteiger partial charge in [-0.3, -0.25) is 13.8 Å². The summed E-state index contributed by atoms with van der Waals surface area (Å²) in [5, 5.41) is 20.7. The van der Waals surface area contributed by atoms with Crippen LogP contribution >= 0.6 is 20.5 Å². The Balaban J connectivity index is 4.34. The second kappa shape index (κ2) is 16.4. The van der Waals surface area contributed by atoms with E-state index < -0.39 is 33.4 Å². The highest BCUT2D eigenvalue weighted by atomic mass is 32.1. The molecule has 0 saturated heterocycles. The lowest BCUT2D eigenvalue weighted by atomic mass is 10.1. The van der Waals surface area contributed by atoms with E-state index in [1.54, 1.807) is 0 Å². The first-order valence-corrected chi connectivity index (χ1v) is 12.8. The third-order valence-corrected chi connectivity index (χ3v) is 5.56. The van der Waals surface area contributed by atoms with Crippen LogP contribution in [0.25, 0.3) is 0 Å². The highest BCUT2D eigenvalue weighted by molar-refractivity contribution is 7.80. The van der Waals surface area contributed by atoms with Gasteiger partial charge in [0.1, 0.15) is 12.6 Å². The Hall–Kier alpha value is -0.190. The third-order valence-electron chi connectivity index (χ3n) is 4.25. The first-order valence-electron chi connectivity index (χ1n) is 10.6. The molecule has 0 aromatic carbocycles. The maximum Gasteiger partial charge on any atom is 0.474 e. The van der Waals surface area contributed by atoms with Crippen molar-refractivity contribution in [3.63, 3.8) is 0 Å². The monoisotopic (exact) mass is 473 g/mol. The molecule has 3 atom stereocenters. The fourth-order valence-electron chi connectivity index (χ4n) is 2.74. The molecule has 0 aromatic rings. The van der Waals surface area contributed by atoms with Crippen LogP contribution < -0.4 is 5.32 Å². The molecule has 0 fully saturated rings. The molecule has 4 N–H and O–H groups in total. The van der Waals surface area contributed by atoms with Crippen molar-refractivity contribution in [2.24, 2.45) is 0 Å². The van der Waals surface area contributed by atoms with Crippen LogP contribution in [0.1, 0.15) is 57.8 Å². The molecule has 30 heavy (non-hydrogen) atoms. The summed E-state index contributed by atoms with van der Waals surface area (Å²) in [6.07, 6.45) is 6.76. The van der Waals surface area contributed by atoms with Gasteiger partial charge in [0.25, 0.3) is 0 Å². The number of aliphatic hydroxyl groups excluding tert-OH is 2. The summed E-state index contributed by atoms with van der Waals surface area (Å²) >= 11 is 4.20. The molecule has 0 radical (unpaired) electrons. The second-order valence-corrected chi connectivity index (χ2v) is 10.4. The zero-order valence-electron chi connectivity index (χ0n) is 18.7. The maximum atomic E-state index is 12.3. The molecular formula is C19H42N2O7PS+. The molecule has 0 aliphatic heterocycles. The Labute approximate surface area is 186 Å². The molecule has 0 aromatic heterocycles. The number of likely N-dealkylation sites (N-methyl/N-ethyl adjacent to an activating group) is 1. The zero-order valence-corrected chi connectivity index (χ0v) is 20.5. The van der Waals surface area contributed by atoms with E-state index in [-0.39, 0.29) is 12.5 Å². The van der Waals surface area contributed by atoms with E-state index in [1.165, 1.54) is 19.3 Å². The van der Waals surface area contributed by atoms with Crippen molar-refractivity contribution in [3.8, 4) is 0 Å². The average Bonchev–Trinajstić information content (AvgIpc) is 2.63. The molecule has 0 spiro atoms. The van der Waals surface area contributed by atoms with Crippen LogP contribution in [0.15, 0.2) is 0 Å². The lowest BCUT2D eigenvalue weighted by Gasteiger charge is -2.30. The molecule has 0 rings (SSSR count). The quantitative estimate of drug-likeness (QED) is 0.0639. The summed E-state index contributed by atoms with van der Waals surface area (Å²) < 4.78 is 22.3. The van der Waals surface area contributed by atoms with Gasteiger partial charge in [0.05, 0.1) is 34.4 Å². The zero-order chi connectivity index (χ0) is 23.0.